The molecule has 0 radical (unpaired) electrons. The Morgan fingerprint density at radius 2 is 1.64 bits per heavy atom. The second-order valence-corrected chi connectivity index (χ2v) is 9.86. The summed E-state index contributed by atoms with van der Waals surface area (Å²) in [6.45, 7) is 4.69. The predicted molar refractivity (Wildman–Crippen MR) is 126 cm³/mol. The van der Waals surface area contributed by atoms with Gasteiger partial charge in [-0.1, -0.05) is 111 Å². The molecule has 1 unspecified atom stereocenters. The molecule has 0 saturated heterocycles. The van der Waals surface area contributed by atoms with Gasteiger partial charge in [-0.05, 0) is 66.2 Å². The van der Waals surface area contributed by atoms with E-state index in [0.29, 0.717) is 5.41 Å². The van der Waals surface area contributed by atoms with E-state index in [1.165, 1.54) is 74.2 Å². The maximum absolute atomic E-state index is 3.69. The van der Waals surface area contributed by atoms with E-state index in [2.05, 4.69) is 84.4 Å². The van der Waals surface area contributed by atoms with Gasteiger partial charge < -0.3 is 0 Å². The molecular weight excluding hydrogens is 404 g/mol. The molecule has 0 heterocycles. The van der Waals surface area contributed by atoms with Crippen LogP contribution < -0.4 is 0 Å². The second kappa shape index (κ2) is 10.6. The molecule has 0 N–H and O–H groups in total. The Balaban J connectivity index is 1.78. The summed E-state index contributed by atoms with van der Waals surface area (Å²) in [5.41, 5.74) is 3.53. The van der Waals surface area contributed by atoms with Crippen LogP contribution >= 0.6 is 15.9 Å². The third-order valence-corrected chi connectivity index (χ3v) is 7.27. The normalized spacial score (nSPS) is 20.7. The summed E-state index contributed by atoms with van der Waals surface area (Å²) in [6.07, 6.45) is 13.6. The highest BCUT2D eigenvalue weighted by Crippen LogP contribution is 2.61. The second-order valence-electron chi connectivity index (χ2n) is 8.94. The van der Waals surface area contributed by atoms with E-state index < -0.39 is 0 Å². The lowest BCUT2D eigenvalue weighted by Crippen LogP contribution is -2.27. The fourth-order valence-electron chi connectivity index (χ4n) is 5.38. The van der Waals surface area contributed by atoms with Gasteiger partial charge in [0.05, 0.1) is 0 Å². The highest BCUT2D eigenvalue weighted by atomic mass is 79.9. The minimum atomic E-state index is 0.461. The first-order valence-electron chi connectivity index (χ1n) is 11.5. The first kappa shape index (κ1) is 21.6. The maximum Gasteiger partial charge on any atom is 0.0177 e. The highest BCUT2D eigenvalue weighted by molar-refractivity contribution is 9.10. The molecule has 28 heavy (non-hydrogen) atoms. The molecule has 0 nitrogen and oxygen atoms in total. The summed E-state index contributed by atoms with van der Waals surface area (Å²) in [5.74, 6) is 1.62. The molecule has 0 bridgehead atoms. The molecule has 1 saturated carbocycles. The zero-order chi connectivity index (χ0) is 19.8. The number of benzene rings is 2. The summed E-state index contributed by atoms with van der Waals surface area (Å²) in [6, 6.07) is 20.3. The predicted octanol–water partition coefficient (Wildman–Crippen LogP) is 8.94. The highest BCUT2D eigenvalue weighted by Gasteiger charge is 2.51. The van der Waals surface area contributed by atoms with E-state index in [-0.39, 0.29) is 0 Å². The molecule has 1 heteroatoms. The first-order chi connectivity index (χ1) is 13.7. The van der Waals surface area contributed by atoms with Gasteiger partial charge in [-0.15, -0.1) is 0 Å². The first-order valence-corrected chi connectivity index (χ1v) is 12.3. The van der Waals surface area contributed by atoms with E-state index in [0.717, 1.165) is 11.8 Å². The van der Waals surface area contributed by atoms with Crippen LogP contribution in [0.5, 0.6) is 0 Å². The van der Waals surface area contributed by atoms with Crippen molar-refractivity contribution in [3.8, 4) is 0 Å². The van der Waals surface area contributed by atoms with Crippen LogP contribution in [0, 0.1) is 11.3 Å². The molecule has 1 aliphatic carbocycles. The monoisotopic (exact) mass is 440 g/mol. The quantitative estimate of drug-likeness (QED) is 0.288. The number of hydrogen-bond donors (Lipinski definition) is 0. The van der Waals surface area contributed by atoms with E-state index in [4.69, 9.17) is 0 Å². The molecule has 2 aromatic rings. The van der Waals surface area contributed by atoms with Crippen LogP contribution in [0.15, 0.2) is 59.1 Å². The van der Waals surface area contributed by atoms with Gasteiger partial charge >= 0.3 is 0 Å². The summed E-state index contributed by atoms with van der Waals surface area (Å²) in [5, 5.41) is 0. The van der Waals surface area contributed by atoms with Crippen molar-refractivity contribution in [2.24, 2.45) is 11.3 Å². The van der Waals surface area contributed by atoms with Crippen molar-refractivity contribution < 1.29 is 0 Å². The Bertz CT molecular complexity index is 707. The van der Waals surface area contributed by atoms with E-state index in [1.54, 1.807) is 5.56 Å². The van der Waals surface area contributed by atoms with Gasteiger partial charge in [0.1, 0.15) is 0 Å². The molecule has 3 rings (SSSR count). The van der Waals surface area contributed by atoms with Crippen molar-refractivity contribution >= 4 is 15.9 Å². The number of halogens is 1. The van der Waals surface area contributed by atoms with Crippen LogP contribution in [0.25, 0.3) is 0 Å². The smallest absolute Gasteiger partial charge is 0.0177 e. The van der Waals surface area contributed by atoms with Gasteiger partial charge in [0.25, 0.3) is 0 Å². The summed E-state index contributed by atoms with van der Waals surface area (Å²) >= 11 is 3.69. The zero-order valence-electron chi connectivity index (χ0n) is 17.8. The Hall–Kier alpha value is -1.08. The Morgan fingerprint density at radius 3 is 2.36 bits per heavy atom. The molecule has 0 spiro atoms. The van der Waals surface area contributed by atoms with E-state index >= 15 is 0 Å². The lowest BCUT2D eigenvalue weighted by atomic mass is 9.69. The van der Waals surface area contributed by atoms with Gasteiger partial charge in [-0.3, -0.25) is 0 Å². The molecule has 3 atom stereocenters. The average Bonchev–Trinajstić information content (AvgIpc) is 3.50. The van der Waals surface area contributed by atoms with E-state index in [1.807, 2.05) is 0 Å². The summed E-state index contributed by atoms with van der Waals surface area (Å²) < 4.78 is 1.22. The standard InChI is InChI=1S/C27H37Br/c1-3-5-6-7-11-18-27(17-4-2,21-22-13-12-16-24(28)19-22)26-20-25(26)23-14-9-8-10-15-23/h8-10,12-16,19,25-26H,3-7,11,17-18,20-21H2,1-2H3/t25-,26-,27?/m1/s1. The van der Waals surface area contributed by atoms with Crippen LogP contribution in [0.3, 0.4) is 0 Å². The van der Waals surface area contributed by atoms with Crippen molar-refractivity contribution in [3.63, 3.8) is 0 Å². The SMILES string of the molecule is CCCCCCCC(CCC)(Cc1cccc(Br)c1)[C@@H]1C[C@@H]1c1ccccc1. The number of unbranched alkanes of at least 4 members (excludes halogenated alkanes) is 4. The lowest BCUT2D eigenvalue weighted by Gasteiger charge is -2.36. The summed E-state index contributed by atoms with van der Waals surface area (Å²) in [7, 11) is 0. The molecule has 152 valence electrons. The fourth-order valence-corrected chi connectivity index (χ4v) is 5.82. The van der Waals surface area contributed by atoms with Gasteiger partial charge in [-0.2, -0.15) is 0 Å². The Labute approximate surface area is 181 Å². The van der Waals surface area contributed by atoms with Gasteiger partial charge in [0.2, 0.25) is 0 Å². The molecular formula is C27H37Br. The average molecular weight is 441 g/mol. The lowest BCUT2D eigenvalue weighted by molar-refractivity contribution is 0.181. The number of rotatable bonds is 12. The van der Waals surface area contributed by atoms with Crippen molar-refractivity contribution in [1.29, 1.82) is 0 Å². The Morgan fingerprint density at radius 1 is 0.857 bits per heavy atom. The van der Waals surface area contributed by atoms with Gasteiger partial charge in [-0.25, -0.2) is 0 Å². The van der Waals surface area contributed by atoms with E-state index in [9.17, 15) is 0 Å². The van der Waals surface area contributed by atoms with Crippen molar-refractivity contribution in [3.05, 3.63) is 70.2 Å². The molecule has 2 aromatic carbocycles. The zero-order valence-corrected chi connectivity index (χ0v) is 19.4. The van der Waals surface area contributed by atoms with Gasteiger partial charge in [0.15, 0.2) is 0 Å². The van der Waals surface area contributed by atoms with Crippen LogP contribution in [-0.2, 0) is 6.42 Å². The Kier molecular flexibility index (Phi) is 8.21. The van der Waals surface area contributed by atoms with Crippen LogP contribution in [0.2, 0.25) is 0 Å². The van der Waals surface area contributed by atoms with Gasteiger partial charge in [0, 0.05) is 4.47 Å². The maximum atomic E-state index is 3.69. The van der Waals surface area contributed by atoms with Crippen LogP contribution in [-0.4, -0.2) is 0 Å². The molecule has 0 aliphatic heterocycles. The topological polar surface area (TPSA) is 0 Å². The molecule has 0 amide bonds. The molecule has 1 aliphatic rings. The minimum absolute atomic E-state index is 0.461. The summed E-state index contributed by atoms with van der Waals surface area (Å²) in [4.78, 5) is 0. The van der Waals surface area contributed by atoms with Crippen molar-refractivity contribution in [2.75, 3.05) is 0 Å². The third kappa shape index (κ3) is 5.72. The van der Waals surface area contributed by atoms with Crippen LogP contribution in [0.1, 0.15) is 88.7 Å². The van der Waals surface area contributed by atoms with Crippen molar-refractivity contribution in [1.82, 2.24) is 0 Å². The molecule has 1 fully saturated rings. The molecule has 0 aromatic heterocycles. The largest absolute Gasteiger partial charge is 0.0654 e. The third-order valence-electron chi connectivity index (χ3n) is 6.78. The van der Waals surface area contributed by atoms with Crippen LogP contribution in [0.4, 0.5) is 0 Å². The number of hydrogen-bond acceptors (Lipinski definition) is 0. The fraction of sp³-hybridized carbons (Fsp3) is 0.556. The van der Waals surface area contributed by atoms with Crippen molar-refractivity contribution in [2.45, 2.75) is 84.0 Å². The minimum Gasteiger partial charge on any atom is -0.0654 e.